The van der Waals surface area contributed by atoms with E-state index in [1.54, 1.807) is 13.2 Å². The number of para-hydroxylation sites is 1. The number of carbonyl (C=O) groups excluding carboxylic acids is 1. The Morgan fingerprint density at radius 2 is 1.66 bits per heavy atom. The molecule has 4 heteroatoms. The number of benzene rings is 3. The molecule has 0 radical (unpaired) electrons. The van der Waals surface area contributed by atoms with E-state index in [0.717, 1.165) is 27.9 Å². The molecule has 1 N–H and O–H groups in total. The molecule has 3 aromatic rings. The molecule has 3 aromatic carbocycles. The highest BCUT2D eigenvalue weighted by atomic mass is 16.5. The van der Waals surface area contributed by atoms with Crippen LogP contribution in [0.2, 0.25) is 0 Å². The van der Waals surface area contributed by atoms with Crippen LogP contribution < -0.4 is 14.8 Å². The highest BCUT2D eigenvalue weighted by molar-refractivity contribution is 6.02. The third kappa shape index (κ3) is 5.48. The van der Waals surface area contributed by atoms with E-state index in [0.29, 0.717) is 18.1 Å². The van der Waals surface area contributed by atoms with Crippen LogP contribution in [-0.2, 0) is 11.4 Å². The predicted molar refractivity (Wildman–Crippen MR) is 117 cm³/mol. The van der Waals surface area contributed by atoms with Gasteiger partial charge >= 0.3 is 0 Å². The number of anilines is 1. The molecule has 0 fully saturated rings. The average Bonchev–Trinajstić information content (AvgIpc) is 2.74. The molecule has 0 spiro atoms. The molecule has 0 aromatic heterocycles. The van der Waals surface area contributed by atoms with Gasteiger partial charge in [0.2, 0.25) is 5.91 Å². The zero-order valence-corrected chi connectivity index (χ0v) is 16.9. The minimum absolute atomic E-state index is 0.175. The SMILES string of the molecule is COc1cc(C=CC(=O)Nc2c(C)cccc2C)ccc1OCc1ccccc1. The summed E-state index contributed by atoms with van der Waals surface area (Å²) in [5.41, 5.74) is 4.86. The Morgan fingerprint density at radius 3 is 2.34 bits per heavy atom. The van der Waals surface area contributed by atoms with Crippen LogP contribution in [0.25, 0.3) is 6.08 Å². The normalized spacial score (nSPS) is 10.7. The van der Waals surface area contributed by atoms with Crippen LogP contribution in [0.4, 0.5) is 5.69 Å². The topological polar surface area (TPSA) is 47.6 Å². The minimum Gasteiger partial charge on any atom is -0.493 e. The number of ether oxygens (including phenoxy) is 2. The second-order valence-electron chi connectivity index (χ2n) is 6.77. The number of hydrogen-bond donors (Lipinski definition) is 1. The van der Waals surface area contributed by atoms with Gasteiger partial charge in [-0.25, -0.2) is 0 Å². The lowest BCUT2D eigenvalue weighted by Gasteiger charge is -2.11. The second kappa shape index (κ2) is 9.60. The summed E-state index contributed by atoms with van der Waals surface area (Å²) < 4.78 is 11.3. The lowest BCUT2D eigenvalue weighted by Crippen LogP contribution is -2.10. The van der Waals surface area contributed by atoms with E-state index in [9.17, 15) is 4.79 Å². The van der Waals surface area contributed by atoms with Gasteiger partial charge in [-0.05, 0) is 54.3 Å². The largest absolute Gasteiger partial charge is 0.493 e. The van der Waals surface area contributed by atoms with Gasteiger partial charge in [0.15, 0.2) is 11.5 Å². The van der Waals surface area contributed by atoms with Crippen LogP contribution in [0.15, 0.2) is 72.8 Å². The molecule has 0 aliphatic rings. The molecule has 0 bridgehead atoms. The lowest BCUT2D eigenvalue weighted by atomic mass is 10.1. The molecule has 148 valence electrons. The van der Waals surface area contributed by atoms with Crippen molar-refractivity contribution in [2.45, 2.75) is 20.5 Å². The van der Waals surface area contributed by atoms with Crippen molar-refractivity contribution >= 4 is 17.7 Å². The number of nitrogens with one attached hydrogen (secondary N) is 1. The van der Waals surface area contributed by atoms with Crippen LogP contribution in [0.3, 0.4) is 0 Å². The smallest absolute Gasteiger partial charge is 0.248 e. The van der Waals surface area contributed by atoms with Gasteiger partial charge in [0.1, 0.15) is 6.61 Å². The maximum Gasteiger partial charge on any atom is 0.248 e. The molecule has 0 saturated heterocycles. The standard InChI is InChI=1S/C25H25NO3/c1-18-8-7-9-19(2)25(18)26-24(27)15-13-20-12-14-22(23(16-20)28-3)29-17-21-10-5-4-6-11-21/h4-16H,17H2,1-3H3,(H,26,27). The first-order chi connectivity index (χ1) is 14.1. The summed E-state index contributed by atoms with van der Waals surface area (Å²) in [6.45, 7) is 4.42. The fourth-order valence-electron chi connectivity index (χ4n) is 2.99. The summed E-state index contributed by atoms with van der Waals surface area (Å²) in [4.78, 5) is 12.3. The molecule has 0 aliphatic carbocycles. The minimum atomic E-state index is -0.175. The van der Waals surface area contributed by atoms with Gasteiger partial charge in [-0.1, -0.05) is 54.6 Å². The highest BCUT2D eigenvalue weighted by Crippen LogP contribution is 2.29. The molecule has 0 unspecified atom stereocenters. The van der Waals surface area contributed by atoms with Gasteiger partial charge in [-0.2, -0.15) is 0 Å². The summed E-state index contributed by atoms with van der Waals surface area (Å²) >= 11 is 0. The monoisotopic (exact) mass is 387 g/mol. The number of aryl methyl sites for hydroxylation is 2. The lowest BCUT2D eigenvalue weighted by molar-refractivity contribution is -0.111. The predicted octanol–water partition coefficient (Wildman–Crippen LogP) is 5.54. The van der Waals surface area contributed by atoms with Crippen molar-refractivity contribution in [1.82, 2.24) is 0 Å². The molecular weight excluding hydrogens is 362 g/mol. The number of carbonyl (C=O) groups is 1. The first-order valence-electron chi connectivity index (χ1n) is 9.47. The third-order valence-electron chi connectivity index (χ3n) is 4.58. The fraction of sp³-hybridized carbons (Fsp3) is 0.160. The summed E-state index contributed by atoms with van der Waals surface area (Å²) in [7, 11) is 1.60. The van der Waals surface area contributed by atoms with Crippen LogP contribution in [-0.4, -0.2) is 13.0 Å². The first-order valence-corrected chi connectivity index (χ1v) is 9.47. The van der Waals surface area contributed by atoms with Crippen molar-refractivity contribution in [3.8, 4) is 11.5 Å². The van der Waals surface area contributed by atoms with Crippen LogP contribution in [0, 0.1) is 13.8 Å². The fourth-order valence-corrected chi connectivity index (χ4v) is 2.99. The summed E-state index contributed by atoms with van der Waals surface area (Å²) in [5, 5.41) is 2.95. The number of rotatable bonds is 7. The Morgan fingerprint density at radius 1 is 0.931 bits per heavy atom. The average molecular weight is 387 g/mol. The summed E-state index contributed by atoms with van der Waals surface area (Å²) in [5.74, 6) is 1.11. The number of amides is 1. The quantitative estimate of drug-likeness (QED) is 0.541. The molecule has 4 nitrogen and oxygen atoms in total. The Bertz CT molecular complexity index is 990. The molecule has 1 amide bonds. The van der Waals surface area contributed by atoms with E-state index in [1.165, 1.54) is 6.08 Å². The van der Waals surface area contributed by atoms with Gasteiger partial charge < -0.3 is 14.8 Å². The zero-order valence-electron chi connectivity index (χ0n) is 16.9. The van der Waals surface area contributed by atoms with E-state index in [-0.39, 0.29) is 5.91 Å². The maximum absolute atomic E-state index is 12.3. The van der Waals surface area contributed by atoms with Gasteiger partial charge in [-0.15, -0.1) is 0 Å². The van der Waals surface area contributed by atoms with Crippen molar-refractivity contribution in [3.05, 3.63) is 95.1 Å². The van der Waals surface area contributed by atoms with Crippen LogP contribution in [0.1, 0.15) is 22.3 Å². The Hall–Kier alpha value is -3.53. The van der Waals surface area contributed by atoms with Crippen molar-refractivity contribution in [2.75, 3.05) is 12.4 Å². The molecule has 0 aliphatic heterocycles. The van der Waals surface area contributed by atoms with E-state index in [4.69, 9.17) is 9.47 Å². The molecule has 29 heavy (non-hydrogen) atoms. The molecule has 0 atom stereocenters. The van der Waals surface area contributed by atoms with E-state index in [1.807, 2.05) is 80.6 Å². The van der Waals surface area contributed by atoms with E-state index >= 15 is 0 Å². The van der Waals surface area contributed by atoms with Gasteiger partial charge in [0, 0.05) is 11.8 Å². The van der Waals surface area contributed by atoms with Crippen molar-refractivity contribution in [1.29, 1.82) is 0 Å². The van der Waals surface area contributed by atoms with Crippen molar-refractivity contribution < 1.29 is 14.3 Å². The first kappa shape index (κ1) is 20.2. The van der Waals surface area contributed by atoms with Crippen molar-refractivity contribution in [2.24, 2.45) is 0 Å². The molecule has 0 saturated carbocycles. The maximum atomic E-state index is 12.3. The third-order valence-corrected chi connectivity index (χ3v) is 4.58. The number of methoxy groups -OCH3 is 1. The van der Waals surface area contributed by atoms with Crippen LogP contribution in [0.5, 0.6) is 11.5 Å². The molecule has 0 heterocycles. The summed E-state index contributed by atoms with van der Waals surface area (Å²) in [6, 6.07) is 21.5. The van der Waals surface area contributed by atoms with Gasteiger partial charge in [-0.3, -0.25) is 4.79 Å². The Kier molecular flexibility index (Phi) is 6.69. The van der Waals surface area contributed by atoms with Crippen LogP contribution >= 0.6 is 0 Å². The zero-order chi connectivity index (χ0) is 20.6. The summed E-state index contributed by atoms with van der Waals surface area (Å²) in [6.07, 6.45) is 3.28. The second-order valence-corrected chi connectivity index (χ2v) is 6.77. The van der Waals surface area contributed by atoms with E-state index in [2.05, 4.69) is 5.32 Å². The van der Waals surface area contributed by atoms with Crippen molar-refractivity contribution in [3.63, 3.8) is 0 Å². The van der Waals surface area contributed by atoms with Gasteiger partial charge in [0.05, 0.1) is 7.11 Å². The molecule has 3 rings (SSSR count). The Labute approximate surface area is 171 Å². The van der Waals surface area contributed by atoms with E-state index < -0.39 is 0 Å². The van der Waals surface area contributed by atoms with Gasteiger partial charge in [0.25, 0.3) is 0 Å². The Balaban J connectivity index is 1.67. The number of hydrogen-bond acceptors (Lipinski definition) is 3. The highest BCUT2D eigenvalue weighted by Gasteiger charge is 2.07. The molecular formula is C25H25NO3.